The molecule has 0 aromatic heterocycles. The van der Waals surface area contributed by atoms with E-state index in [0.29, 0.717) is 28.8 Å². The molecule has 1 amide bonds. The van der Waals surface area contributed by atoms with Crippen molar-refractivity contribution < 1.29 is 23.9 Å². The number of hydrogen-bond donors (Lipinski definition) is 1. The summed E-state index contributed by atoms with van der Waals surface area (Å²) in [7, 11) is 1.29. The molecular formula is C18H17NO5. The largest absolute Gasteiger partial charge is 0.484 e. The molecule has 0 atom stereocenters. The van der Waals surface area contributed by atoms with Gasteiger partial charge < -0.3 is 14.8 Å². The third kappa shape index (κ3) is 4.42. The zero-order valence-corrected chi connectivity index (χ0v) is 13.4. The number of ether oxygens (including phenoxy) is 2. The third-order valence-electron chi connectivity index (χ3n) is 3.30. The Kier molecular flexibility index (Phi) is 5.68. The van der Waals surface area contributed by atoms with Crippen LogP contribution < -0.4 is 10.1 Å². The number of hydrogen-bond acceptors (Lipinski definition) is 5. The summed E-state index contributed by atoms with van der Waals surface area (Å²) in [5, 5.41) is 2.69. The van der Waals surface area contributed by atoms with Crippen LogP contribution in [0.1, 0.15) is 26.3 Å². The average Bonchev–Trinajstić information content (AvgIpc) is 2.61. The van der Waals surface area contributed by atoms with E-state index in [4.69, 9.17) is 4.74 Å². The molecule has 0 saturated carbocycles. The van der Waals surface area contributed by atoms with Gasteiger partial charge in [-0.25, -0.2) is 4.79 Å². The van der Waals surface area contributed by atoms with E-state index in [0.717, 1.165) is 5.56 Å². The van der Waals surface area contributed by atoms with Crippen LogP contribution in [0, 0.1) is 6.92 Å². The molecule has 0 unspecified atom stereocenters. The van der Waals surface area contributed by atoms with Crippen LogP contribution in [0.4, 0.5) is 5.69 Å². The molecule has 0 radical (unpaired) electrons. The first-order chi connectivity index (χ1) is 11.5. The lowest BCUT2D eigenvalue weighted by atomic mass is 10.1. The molecule has 0 aliphatic heterocycles. The molecule has 6 heteroatoms. The predicted molar refractivity (Wildman–Crippen MR) is 88.5 cm³/mol. The zero-order valence-electron chi connectivity index (χ0n) is 13.4. The Bertz CT molecular complexity index is 770. The van der Waals surface area contributed by atoms with Gasteiger partial charge in [0, 0.05) is 11.3 Å². The van der Waals surface area contributed by atoms with Crippen molar-refractivity contribution in [2.24, 2.45) is 0 Å². The van der Waals surface area contributed by atoms with Gasteiger partial charge in [-0.1, -0.05) is 18.2 Å². The van der Waals surface area contributed by atoms with Crippen molar-refractivity contribution in [3.05, 3.63) is 59.2 Å². The molecule has 6 nitrogen and oxygen atoms in total. The topological polar surface area (TPSA) is 81.7 Å². The molecule has 24 heavy (non-hydrogen) atoms. The average molecular weight is 327 g/mol. The molecule has 0 bridgehead atoms. The smallest absolute Gasteiger partial charge is 0.337 e. The Morgan fingerprint density at radius 1 is 1.17 bits per heavy atom. The number of carbonyl (C=O) groups is 3. The highest BCUT2D eigenvalue weighted by atomic mass is 16.5. The fraction of sp³-hybridized carbons (Fsp3) is 0.167. The second-order valence-electron chi connectivity index (χ2n) is 5.05. The summed E-state index contributed by atoms with van der Waals surface area (Å²) in [6.07, 6.45) is 0.703. The SMILES string of the molecule is COC(=O)c1ccc(C)c(NC(=O)COc2cccc(C=O)c2)c1. The molecule has 0 spiro atoms. The summed E-state index contributed by atoms with van der Waals surface area (Å²) < 4.78 is 10.0. The molecule has 2 aromatic carbocycles. The van der Waals surface area contributed by atoms with Crippen molar-refractivity contribution >= 4 is 23.9 Å². The second kappa shape index (κ2) is 7.92. The number of carbonyl (C=O) groups excluding carboxylic acids is 3. The maximum atomic E-state index is 12.0. The summed E-state index contributed by atoms with van der Waals surface area (Å²) in [5.74, 6) is -0.432. The van der Waals surface area contributed by atoms with E-state index in [2.05, 4.69) is 10.1 Å². The van der Waals surface area contributed by atoms with Gasteiger partial charge in [0.05, 0.1) is 12.7 Å². The molecule has 0 aliphatic rings. The van der Waals surface area contributed by atoms with E-state index in [1.54, 1.807) is 42.5 Å². The second-order valence-corrected chi connectivity index (χ2v) is 5.05. The number of esters is 1. The van der Waals surface area contributed by atoms with Crippen LogP contribution in [0.25, 0.3) is 0 Å². The molecule has 0 fully saturated rings. The van der Waals surface area contributed by atoms with Crippen LogP contribution in [0.2, 0.25) is 0 Å². The first-order valence-corrected chi connectivity index (χ1v) is 7.20. The van der Waals surface area contributed by atoms with Crippen molar-refractivity contribution in [1.82, 2.24) is 0 Å². The number of methoxy groups -OCH3 is 1. The quantitative estimate of drug-likeness (QED) is 0.651. The van der Waals surface area contributed by atoms with Crippen molar-refractivity contribution in [1.29, 1.82) is 0 Å². The summed E-state index contributed by atoms with van der Waals surface area (Å²) in [5.41, 5.74) is 2.12. The van der Waals surface area contributed by atoms with Crippen molar-refractivity contribution in [3.63, 3.8) is 0 Å². The van der Waals surface area contributed by atoms with Crippen molar-refractivity contribution in [3.8, 4) is 5.75 Å². The van der Waals surface area contributed by atoms with Crippen molar-refractivity contribution in [2.75, 3.05) is 19.0 Å². The summed E-state index contributed by atoms with van der Waals surface area (Å²) in [6, 6.07) is 11.4. The lowest BCUT2D eigenvalue weighted by Gasteiger charge is -2.11. The van der Waals surface area contributed by atoms with Crippen LogP contribution in [0.15, 0.2) is 42.5 Å². The van der Waals surface area contributed by atoms with Gasteiger partial charge >= 0.3 is 5.97 Å². The zero-order chi connectivity index (χ0) is 17.5. The van der Waals surface area contributed by atoms with Gasteiger partial charge in [0.15, 0.2) is 6.61 Å². The van der Waals surface area contributed by atoms with Crippen LogP contribution in [0.5, 0.6) is 5.75 Å². The minimum absolute atomic E-state index is 0.218. The Morgan fingerprint density at radius 3 is 2.67 bits per heavy atom. The maximum Gasteiger partial charge on any atom is 0.337 e. The normalized spacial score (nSPS) is 9.92. The molecule has 2 rings (SSSR count). The van der Waals surface area contributed by atoms with E-state index in [-0.39, 0.29) is 12.5 Å². The highest BCUT2D eigenvalue weighted by Gasteiger charge is 2.11. The number of rotatable bonds is 6. The maximum absolute atomic E-state index is 12.0. The summed E-state index contributed by atoms with van der Waals surface area (Å²) in [4.78, 5) is 34.3. The monoisotopic (exact) mass is 327 g/mol. The minimum Gasteiger partial charge on any atom is -0.484 e. The lowest BCUT2D eigenvalue weighted by Crippen LogP contribution is -2.21. The van der Waals surface area contributed by atoms with Gasteiger partial charge in [-0.3, -0.25) is 9.59 Å². The molecule has 1 N–H and O–H groups in total. The van der Waals surface area contributed by atoms with Gasteiger partial charge in [0.2, 0.25) is 0 Å². The van der Waals surface area contributed by atoms with E-state index in [9.17, 15) is 14.4 Å². The van der Waals surface area contributed by atoms with Crippen LogP contribution in [-0.4, -0.2) is 31.9 Å². The Balaban J connectivity index is 2.01. The van der Waals surface area contributed by atoms with Crippen LogP contribution in [-0.2, 0) is 9.53 Å². The molecule has 0 saturated heterocycles. The van der Waals surface area contributed by atoms with Crippen LogP contribution in [0.3, 0.4) is 0 Å². The van der Waals surface area contributed by atoms with Gasteiger partial charge in [-0.15, -0.1) is 0 Å². The number of benzene rings is 2. The number of aldehydes is 1. The number of nitrogens with one attached hydrogen (secondary N) is 1. The third-order valence-corrected chi connectivity index (χ3v) is 3.30. The minimum atomic E-state index is -0.479. The Hall–Kier alpha value is -3.15. The number of anilines is 1. The lowest BCUT2D eigenvalue weighted by molar-refractivity contribution is -0.118. The molecule has 0 heterocycles. The van der Waals surface area contributed by atoms with Crippen molar-refractivity contribution in [2.45, 2.75) is 6.92 Å². The van der Waals surface area contributed by atoms with E-state index in [1.807, 2.05) is 6.92 Å². The fourth-order valence-corrected chi connectivity index (χ4v) is 2.01. The predicted octanol–water partition coefficient (Wildman–Crippen LogP) is 2.61. The van der Waals surface area contributed by atoms with Gasteiger partial charge in [0.25, 0.3) is 5.91 Å². The molecule has 2 aromatic rings. The van der Waals surface area contributed by atoms with E-state index < -0.39 is 5.97 Å². The first kappa shape index (κ1) is 17.2. The molecular weight excluding hydrogens is 310 g/mol. The Morgan fingerprint density at radius 2 is 1.96 bits per heavy atom. The summed E-state index contributed by atoms with van der Waals surface area (Å²) in [6.45, 7) is 1.59. The van der Waals surface area contributed by atoms with Gasteiger partial charge in [-0.2, -0.15) is 0 Å². The van der Waals surface area contributed by atoms with E-state index >= 15 is 0 Å². The number of aryl methyl sites for hydroxylation is 1. The highest BCUT2D eigenvalue weighted by Crippen LogP contribution is 2.18. The molecule has 124 valence electrons. The highest BCUT2D eigenvalue weighted by molar-refractivity contribution is 5.95. The van der Waals surface area contributed by atoms with Crippen LogP contribution >= 0.6 is 0 Å². The fourth-order valence-electron chi connectivity index (χ4n) is 2.01. The molecule has 0 aliphatic carbocycles. The Labute approximate surface area is 139 Å². The summed E-state index contributed by atoms with van der Waals surface area (Å²) >= 11 is 0. The van der Waals surface area contributed by atoms with Gasteiger partial charge in [-0.05, 0) is 36.8 Å². The number of amides is 1. The van der Waals surface area contributed by atoms with Gasteiger partial charge in [0.1, 0.15) is 12.0 Å². The standard InChI is InChI=1S/C18H17NO5/c1-12-6-7-14(18(22)23-2)9-16(12)19-17(21)11-24-15-5-3-4-13(8-15)10-20/h3-10H,11H2,1-2H3,(H,19,21). The van der Waals surface area contributed by atoms with E-state index in [1.165, 1.54) is 7.11 Å². The first-order valence-electron chi connectivity index (χ1n) is 7.20.